The van der Waals surface area contributed by atoms with E-state index < -0.39 is 0 Å². The lowest BCUT2D eigenvalue weighted by Crippen LogP contribution is -2.34. The molecule has 1 unspecified atom stereocenters. The Morgan fingerprint density at radius 3 is 2.90 bits per heavy atom. The molecule has 1 atom stereocenters. The van der Waals surface area contributed by atoms with Crippen molar-refractivity contribution in [2.75, 3.05) is 19.0 Å². The zero-order valence-corrected chi connectivity index (χ0v) is 16.8. The van der Waals surface area contributed by atoms with Crippen LogP contribution in [0.1, 0.15) is 35.9 Å². The maximum atomic E-state index is 12.9. The average molecular weight is 392 g/mol. The van der Waals surface area contributed by atoms with Gasteiger partial charge in [-0.25, -0.2) is 4.79 Å². The van der Waals surface area contributed by atoms with Crippen LogP contribution in [0.3, 0.4) is 0 Å². The Labute approximate surface area is 169 Å². The highest BCUT2D eigenvalue weighted by molar-refractivity contribution is 5.90. The number of benzene rings is 2. The first-order chi connectivity index (χ1) is 14.1. The maximum Gasteiger partial charge on any atom is 0.322 e. The molecule has 0 bridgehead atoms. The van der Waals surface area contributed by atoms with E-state index in [4.69, 9.17) is 9.26 Å². The van der Waals surface area contributed by atoms with Gasteiger partial charge in [0.15, 0.2) is 0 Å². The molecule has 2 heterocycles. The van der Waals surface area contributed by atoms with E-state index in [1.54, 1.807) is 12.0 Å². The number of aromatic nitrogens is 2. The highest BCUT2D eigenvalue weighted by Crippen LogP contribution is 2.33. The van der Waals surface area contributed by atoms with Crippen LogP contribution in [0.2, 0.25) is 0 Å². The summed E-state index contributed by atoms with van der Waals surface area (Å²) in [4.78, 5) is 19.3. The van der Waals surface area contributed by atoms with Crippen molar-refractivity contribution in [2.45, 2.75) is 32.7 Å². The van der Waals surface area contributed by atoms with Crippen LogP contribution < -0.4 is 10.1 Å². The molecular formula is C22H24N4O3. The van der Waals surface area contributed by atoms with Crippen LogP contribution in [0.25, 0.3) is 11.4 Å². The van der Waals surface area contributed by atoms with Crippen LogP contribution >= 0.6 is 0 Å². The number of rotatable bonds is 4. The minimum atomic E-state index is -0.230. The molecule has 1 saturated heterocycles. The van der Waals surface area contributed by atoms with E-state index in [0.717, 1.165) is 41.0 Å². The lowest BCUT2D eigenvalue weighted by Gasteiger charge is -2.23. The quantitative estimate of drug-likeness (QED) is 0.694. The van der Waals surface area contributed by atoms with Crippen LogP contribution in [0, 0.1) is 13.8 Å². The molecule has 7 nitrogen and oxygen atoms in total. The Morgan fingerprint density at radius 1 is 1.24 bits per heavy atom. The second kappa shape index (κ2) is 7.95. The zero-order valence-electron chi connectivity index (χ0n) is 16.8. The van der Waals surface area contributed by atoms with Crippen molar-refractivity contribution in [2.24, 2.45) is 0 Å². The Hall–Kier alpha value is -3.35. The maximum absolute atomic E-state index is 12.9. The normalized spacial score (nSPS) is 16.1. The molecule has 0 radical (unpaired) electrons. The number of methoxy groups -OCH3 is 1. The Kier molecular flexibility index (Phi) is 5.20. The standard InChI is InChI=1S/C22H24N4O3/c1-14-7-4-10-18(15(14)2)23-22(27)26-12-6-11-19(26)21-24-20(25-29-21)16-8-5-9-17(13-16)28-3/h4-5,7-10,13,19H,6,11-12H2,1-3H3,(H,23,27). The number of ether oxygens (including phenoxy) is 1. The first-order valence-corrected chi connectivity index (χ1v) is 9.68. The van der Waals surface area contributed by atoms with E-state index >= 15 is 0 Å². The van der Waals surface area contributed by atoms with Gasteiger partial charge in [0.25, 0.3) is 0 Å². The number of nitrogens with zero attached hydrogens (tertiary/aromatic N) is 3. The minimum absolute atomic E-state index is 0.151. The van der Waals surface area contributed by atoms with Gasteiger partial charge < -0.3 is 19.5 Å². The third kappa shape index (κ3) is 3.81. The summed E-state index contributed by atoms with van der Waals surface area (Å²) in [7, 11) is 1.62. The van der Waals surface area contributed by atoms with Crippen molar-refractivity contribution in [1.82, 2.24) is 15.0 Å². The molecule has 1 N–H and O–H groups in total. The largest absolute Gasteiger partial charge is 0.497 e. The molecule has 1 aliphatic heterocycles. The molecule has 4 rings (SSSR count). The SMILES string of the molecule is COc1cccc(-c2noc(C3CCCN3C(=O)Nc3cccc(C)c3C)n2)c1. The third-order valence-electron chi connectivity index (χ3n) is 5.41. The van der Waals surface area contributed by atoms with Crippen LogP contribution in [0.15, 0.2) is 47.0 Å². The number of aryl methyl sites for hydroxylation is 1. The van der Waals surface area contributed by atoms with Gasteiger partial charge in [-0.15, -0.1) is 0 Å². The van der Waals surface area contributed by atoms with Gasteiger partial charge >= 0.3 is 6.03 Å². The fourth-order valence-corrected chi connectivity index (χ4v) is 3.59. The molecule has 150 valence electrons. The van der Waals surface area contributed by atoms with Gasteiger partial charge in [0, 0.05) is 17.8 Å². The number of nitrogens with one attached hydrogen (secondary N) is 1. The molecule has 2 aromatic carbocycles. The lowest BCUT2D eigenvalue weighted by molar-refractivity contribution is 0.193. The van der Waals surface area contributed by atoms with Crippen LogP contribution in [-0.4, -0.2) is 34.7 Å². The Morgan fingerprint density at radius 2 is 2.07 bits per heavy atom. The first-order valence-electron chi connectivity index (χ1n) is 9.68. The summed E-state index contributed by atoms with van der Waals surface area (Å²) in [6.45, 7) is 4.69. The second-order valence-electron chi connectivity index (χ2n) is 7.22. The number of carbonyl (C=O) groups excluding carboxylic acids is 1. The fourth-order valence-electron chi connectivity index (χ4n) is 3.59. The van der Waals surface area contributed by atoms with E-state index in [-0.39, 0.29) is 12.1 Å². The number of carbonyl (C=O) groups is 1. The summed E-state index contributed by atoms with van der Waals surface area (Å²) in [5, 5.41) is 7.14. The van der Waals surface area contributed by atoms with Crippen molar-refractivity contribution in [3.05, 3.63) is 59.5 Å². The highest BCUT2D eigenvalue weighted by atomic mass is 16.5. The molecule has 1 fully saturated rings. The molecule has 3 aromatic rings. The smallest absolute Gasteiger partial charge is 0.322 e. The number of urea groups is 1. The van der Waals surface area contributed by atoms with E-state index in [1.807, 2.05) is 56.3 Å². The number of hydrogen-bond donors (Lipinski definition) is 1. The molecule has 7 heteroatoms. The topological polar surface area (TPSA) is 80.5 Å². The molecule has 0 saturated carbocycles. The number of amides is 2. The van der Waals surface area contributed by atoms with Crippen molar-refractivity contribution in [3.63, 3.8) is 0 Å². The summed E-state index contributed by atoms with van der Waals surface area (Å²) in [5.41, 5.74) is 3.84. The summed E-state index contributed by atoms with van der Waals surface area (Å²) < 4.78 is 10.8. The average Bonchev–Trinajstić information content (AvgIpc) is 3.40. The zero-order chi connectivity index (χ0) is 20.4. The van der Waals surface area contributed by atoms with Gasteiger partial charge in [0.05, 0.1) is 7.11 Å². The molecule has 0 spiro atoms. The van der Waals surface area contributed by atoms with E-state index in [2.05, 4.69) is 15.5 Å². The van der Waals surface area contributed by atoms with Crippen molar-refractivity contribution < 1.29 is 14.1 Å². The Bertz CT molecular complexity index is 1030. The van der Waals surface area contributed by atoms with Crippen molar-refractivity contribution in [3.8, 4) is 17.1 Å². The summed E-state index contributed by atoms with van der Waals surface area (Å²) >= 11 is 0. The predicted molar refractivity (Wildman–Crippen MR) is 110 cm³/mol. The van der Waals surface area contributed by atoms with Gasteiger partial charge in [-0.05, 0) is 56.0 Å². The monoisotopic (exact) mass is 392 g/mol. The molecule has 0 aliphatic carbocycles. The number of likely N-dealkylation sites (tertiary alicyclic amines) is 1. The van der Waals surface area contributed by atoms with Gasteiger partial charge in [-0.1, -0.05) is 29.4 Å². The van der Waals surface area contributed by atoms with Gasteiger partial charge in [0.2, 0.25) is 11.7 Å². The fraction of sp³-hybridized carbons (Fsp3) is 0.318. The Balaban J connectivity index is 1.53. The molecule has 1 aromatic heterocycles. The molecular weight excluding hydrogens is 368 g/mol. The lowest BCUT2D eigenvalue weighted by atomic mass is 10.1. The second-order valence-corrected chi connectivity index (χ2v) is 7.22. The highest BCUT2D eigenvalue weighted by Gasteiger charge is 2.34. The van der Waals surface area contributed by atoms with Crippen molar-refractivity contribution in [1.29, 1.82) is 0 Å². The first kappa shape index (κ1) is 19.0. The third-order valence-corrected chi connectivity index (χ3v) is 5.41. The van der Waals surface area contributed by atoms with E-state index in [9.17, 15) is 4.79 Å². The predicted octanol–water partition coefficient (Wildman–Crippen LogP) is 4.73. The molecule has 1 aliphatic rings. The van der Waals surface area contributed by atoms with Crippen molar-refractivity contribution >= 4 is 11.7 Å². The summed E-state index contributed by atoms with van der Waals surface area (Å²) in [6.07, 6.45) is 1.68. The van der Waals surface area contributed by atoms with Gasteiger partial charge in [-0.3, -0.25) is 0 Å². The van der Waals surface area contributed by atoms with Crippen LogP contribution in [0.5, 0.6) is 5.75 Å². The van der Waals surface area contributed by atoms with Crippen LogP contribution in [0.4, 0.5) is 10.5 Å². The molecule has 29 heavy (non-hydrogen) atoms. The minimum Gasteiger partial charge on any atom is -0.497 e. The summed E-state index contributed by atoms with van der Waals surface area (Å²) in [6, 6.07) is 13.0. The number of anilines is 1. The number of hydrogen-bond acceptors (Lipinski definition) is 5. The van der Waals surface area contributed by atoms with E-state index in [0.29, 0.717) is 18.3 Å². The van der Waals surface area contributed by atoms with Gasteiger partial charge in [-0.2, -0.15) is 4.98 Å². The van der Waals surface area contributed by atoms with E-state index in [1.165, 1.54) is 0 Å². The molecule has 2 amide bonds. The van der Waals surface area contributed by atoms with Gasteiger partial charge in [0.1, 0.15) is 11.8 Å². The summed E-state index contributed by atoms with van der Waals surface area (Å²) in [5.74, 6) is 1.67. The van der Waals surface area contributed by atoms with Crippen LogP contribution in [-0.2, 0) is 0 Å².